The fraction of sp³-hybridized carbons (Fsp3) is 0.300. The SMILES string of the molecule is Cc1ccc(C(C)Nc2nc(Cl)cs2)s1. The number of thiophene rings is 1. The van der Waals surface area contributed by atoms with E-state index in [1.807, 2.05) is 5.38 Å². The third kappa shape index (κ3) is 2.71. The van der Waals surface area contributed by atoms with Crippen LogP contribution in [-0.2, 0) is 0 Å². The first-order chi connectivity index (χ1) is 7.15. The molecule has 0 radical (unpaired) electrons. The summed E-state index contributed by atoms with van der Waals surface area (Å²) in [7, 11) is 0. The number of aromatic nitrogens is 1. The number of hydrogen-bond acceptors (Lipinski definition) is 4. The second-order valence-electron chi connectivity index (χ2n) is 3.29. The number of nitrogens with one attached hydrogen (secondary N) is 1. The molecule has 0 aliphatic rings. The van der Waals surface area contributed by atoms with Gasteiger partial charge in [0.15, 0.2) is 5.13 Å². The summed E-state index contributed by atoms with van der Waals surface area (Å²) in [4.78, 5) is 6.81. The summed E-state index contributed by atoms with van der Waals surface area (Å²) in [5, 5.41) is 6.58. The zero-order chi connectivity index (χ0) is 10.8. The lowest BCUT2D eigenvalue weighted by molar-refractivity contribution is 0.904. The highest BCUT2D eigenvalue weighted by Gasteiger charge is 2.09. The molecule has 80 valence electrons. The van der Waals surface area contributed by atoms with Crippen LogP contribution >= 0.6 is 34.3 Å². The van der Waals surface area contributed by atoms with Gasteiger partial charge in [-0.05, 0) is 26.0 Å². The number of aryl methyl sites for hydroxylation is 1. The van der Waals surface area contributed by atoms with Gasteiger partial charge in [-0.15, -0.1) is 22.7 Å². The van der Waals surface area contributed by atoms with Crippen LogP contribution in [0.3, 0.4) is 0 Å². The molecule has 5 heteroatoms. The van der Waals surface area contributed by atoms with Gasteiger partial charge in [0.05, 0.1) is 6.04 Å². The van der Waals surface area contributed by atoms with E-state index >= 15 is 0 Å². The van der Waals surface area contributed by atoms with Gasteiger partial charge in [0.25, 0.3) is 0 Å². The number of anilines is 1. The summed E-state index contributed by atoms with van der Waals surface area (Å²) < 4.78 is 0. The van der Waals surface area contributed by atoms with Crippen LogP contribution in [0.5, 0.6) is 0 Å². The van der Waals surface area contributed by atoms with E-state index in [4.69, 9.17) is 11.6 Å². The molecule has 0 amide bonds. The fourth-order valence-corrected chi connectivity index (χ4v) is 3.07. The molecule has 2 heterocycles. The van der Waals surface area contributed by atoms with Crippen molar-refractivity contribution in [1.29, 1.82) is 0 Å². The lowest BCUT2D eigenvalue weighted by atomic mass is 10.3. The molecular formula is C10H11ClN2S2. The maximum Gasteiger partial charge on any atom is 0.184 e. The summed E-state index contributed by atoms with van der Waals surface area (Å²) in [5.41, 5.74) is 0. The van der Waals surface area contributed by atoms with Crippen molar-refractivity contribution in [3.63, 3.8) is 0 Å². The maximum atomic E-state index is 5.76. The fourth-order valence-electron chi connectivity index (χ4n) is 1.26. The highest BCUT2D eigenvalue weighted by atomic mass is 35.5. The first-order valence-electron chi connectivity index (χ1n) is 4.59. The van der Waals surface area contributed by atoms with Crippen molar-refractivity contribution >= 4 is 39.4 Å². The highest BCUT2D eigenvalue weighted by molar-refractivity contribution is 7.14. The summed E-state index contributed by atoms with van der Waals surface area (Å²) in [6.07, 6.45) is 0. The Hall–Kier alpha value is -0.580. The van der Waals surface area contributed by atoms with Crippen LogP contribution in [-0.4, -0.2) is 4.98 Å². The average molecular weight is 259 g/mol. The van der Waals surface area contributed by atoms with Gasteiger partial charge in [0, 0.05) is 15.1 Å². The van der Waals surface area contributed by atoms with Crippen LogP contribution in [0.25, 0.3) is 0 Å². The van der Waals surface area contributed by atoms with Crippen LogP contribution < -0.4 is 5.32 Å². The lowest BCUT2D eigenvalue weighted by Gasteiger charge is -2.10. The van der Waals surface area contributed by atoms with Crippen LogP contribution in [0.1, 0.15) is 22.7 Å². The van der Waals surface area contributed by atoms with Crippen molar-refractivity contribution in [2.24, 2.45) is 0 Å². The van der Waals surface area contributed by atoms with E-state index in [-0.39, 0.29) is 6.04 Å². The minimum Gasteiger partial charge on any atom is -0.354 e. The molecule has 0 aliphatic carbocycles. The molecule has 2 aromatic rings. The average Bonchev–Trinajstić information content (AvgIpc) is 2.75. The molecule has 0 aromatic carbocycles. The van der Waals surface area contributed by atoms with Crippen molar-refractivity contribution in [2.45, 2.75) is 19.9 Å². The van der Waals surface area contributed by atoms with Crippen LogP contribution in [0.15, 0.2) is 17.5 Å². The molecule has 2 aromatic heterocycles. The Labute approximate surface area is 102 Å². The summed E-state index contributed by atoms with van der Waals surface area (Å²) >= 11 is 9.09. The van der Waals surface area contributed by atoms with E-state index in [1.165, 1.54) is 21.1 Å². The summed E-state index contributed by atoms with van der Waals surface area (Å²) in [6, 6.07) is 4.56. The zero-order valence-electron chi connectivity index (χ0n) is 8.45. The Morgan fingerprint density at radius 2 is 2.27 bits per heavy atom. The number of nitrogens with zero attached hydrogens (tertiary/aromatic N) is 1. The zero-order valence-corrected chi connectivity index (χ0v) is 10.8. The third-order valence-corrected chi connectivity index (χ3v) is 4.28. The molecule has 0 fully saturated rings. The Morgan fingerprint density at radius 1 is 1.47 bits per heavy atom. The van der Waals surface area contributed by atoms with Gasteiger partial charge in [0.2, 0.25) is 0 Å². The van der Waals surface area contributed by atoms with Gasteiger partial charge in [-0.3, -0.25) is 0 Å². The maximum absolute atomic E-state index is 5.76. The van der Waals surface area contributed by atoms with Gasteiger partial charge in [-0.1, -0.05) is 11.6 Å². The molecular weight excluding hydrogens is 248 g/mol. The minimum absolute atomic E-state index is 0.283. The van der Waals surface area contributed by atoms with Gasteiger partial charge >= 0.3 is 0 Å². The first-order valence-corrected chi connectivity index (χ1v) is 6.66. The standard InChI is InChI=1S/C10H11ClN2S2/c1-6-3-4-8(15-6)7(2)12-10-13-9(11)5-14-10/h3-5,7H,1-2H3,(H,12,13). The number of hydrogen-bond donors (Lipinski definition) is 1. The Kier molecular flexibility index (Phi) is 3.29. The second kappa shape index (κ2) is 4.51. The molecule has 1 atom stereocenters. The molecule has 0 aliphatic heterocycles. The Bertz CT molecular complexity index is 450. The number of rotatable bonds is 3. The Morgan fingerprint density at radius 3 is 2.80 bits per heavy atom. The van der Waals surface area contributed by atoms with Crippen molar-refractivity contribution in [1.82, 2.24) is 4.98 Å². The number of thiazole rings is 1. The lowest BCUT2D eigenvalue weighted by Crippen LogP contribution is -2.04. The highest BCUT2D eigenvalue weighted by Crippen LogP contribution is 2.27. The minimum atomic E-state index is 0.283. The summed E-state index contributed by atoms with van der Waals surface area (Å²) in [5.74, 6) is 0. The van der Waals surface area contributed by atoms with E-state index in [2.05, 4.69) is 36.3 Å². The van der Waals surface area contributed by atoms with E-state index < -0.39 is 0 Å². The van der Waals surface area contributed by atoms with E-state index in [9.17, 15) is 0 Å². The van der Waals surface area contributed by atoms with Crippen molar-refractivity contribution in [3.05, 3.63) is 32.4 Å². The van der Waals surface area contributed by atoms with Crippen LogP contribution in [0.4, 0.5) is 5.13 Å². The van der Waals surface area contributed by atoms with Gasteiger partial charge < -0.3 is 5.32 Å². The molecule has 0 saturated heterocycles. The van der Waals surface area contributed by atoms with Crippen molar-refractivity contribution in [3.8, 4) is 0 Å². The Balaban J connectivity index is 2.06. The predicted molar refractivity (Wildman–Crippen MR) is 68.2 cm³/mol. The monoisotopic (exact) mass is 258 g/mol. The van der Waals surface area contributed by atoms with E-state index in [0.29, 0.717) is 5.15 Å². The molecule has 0 spiro atoms. The van der Waals surface area contributed by atoms with Crippen molar-refractivity contribution < 1.29 is 0 Å². The third-order valence-electron chi connectivity index (χ3n) is 2.00. The smallest absolute Gasteiger partial charge is 0.184 e. The topological polar surface area (TPSA) is 24.9 Å². The molecule has 0 saturated carbocycles. The van der Waals surface area contributed by atoms with Gasteiger partial charge in [-0.25, -0.2) is 4.98 Å². The quantitative estimate of drug-likeness (QED) is 0.886. The molecule has 15 heavy (non-hydrogen) atoms. The second-order valence-corrected chi connectivity index (χ2v) is 5.85. The van der Waals surface area contributed by atoms with E-state index in [0.717, 1.165) is 5.13 Å². The molecule has 1 N–H and O–H groups in total. The largest absolute Gasteiger partial charge is 0.354 e. The normalized spacial score (nSPS) is 12.7. The summed E-state index contributed by atoms with van der Waals surface area (Å²) in [6.45, 7) is 4.24. The first kappa shape index (κ1) is 10.9. The number of halogens is 1. The van der Waals surface area contributed by atoms with E-state index in [1.54, 1.807) is 11.3 Å². The predicted octanol–water partition coefficient (Wildman–Crippen LogP) is 4.34. The van der Waals surface area contributed by atoms with Crippen LogP contribution in [0.2, 0.25) is 5.15 Å². The molecule has 0 bridgehead atoms. The molecule has 1 unspecified atom stereocenters. The van der Waals surface area contributed by atoms with Crippen molar-refractivity contribution in [2.75, 3.05) is 5.32 Å². The molecule has 2 rings (SSSR count). The van der Waals surface area contributed by atoms with Gasteiger partial charge in [0.1, 0.15) is 5.15 Å². The van der Waals surface area contributed by atoms with Gasteiger partial charge in [-0.2, -0.15) is 0 Å². The van der Waals surface area contributed by atoms with Crippen LogP contribution in [0, 0.1) is 6.92 Å². The molecule has 2 nitrogen and oxygen atoms in total.